The first-order valence-electron chi connectivity index (χ1n) is 3.91. The number of aliphatic carboxylic acids is 2. The zero-order valence-corrected chi connectivity index (χ0v) is 9.04. The molecule has 1 unspecified atom stereocenters. The molecule has 0 aromatic carbocycles. The van der Waals surface area contributed by atoms with Crippen LogP contribution in [0.15, 0.2) is 22.2 Å². The predicted molar refractivity (Wildman–Crippen MR) is 53.1 cm³/mol. The lowest BCUT2D eigenvalue weighted by atomic mass is 9.80. The van der Waals surface area contributed by atoms with Crippen LogP contribution in [0.3, 0.4) is 0 Å². The van der Waals surface area contributed by atoms with Crippen LogP contribution in [0.5, 0.6) is 0 Å². The fourth-order valence-corrected chi connectivity index (χ4v) is 2.07. The fourth-order valence-electron chi connectivity index (χ4n) is 1.28. The lowest BCUT2D eigenvalue weighted by Gasteiger charge is -2.24. The second kappa shape index (κ2) is 3.57. The molecule has 0 saturated heterocycles. The first kappa shape index (κ1) is 11.0. The van der Waals surface area contributed by atoms with Crippen LogP contribution in [0.25, 0.3) is 0 Å². The van der Waals surface area contributed by atoms with Gasteiger partial charge in [-0.25, -0.2) is 4.79 Å². The number of hydrogen-bond donors (Lipinski definition) is 2. The molecule has 0 aromatic rings. The highest BCUT2D eigenvalue weighted by Gasteiger charge is 2.36. The predicted octanol–water partition coefficient (Wildman–Crippen LogP) is 1.77. The summed E-state index contributed by atoms with van der Waals surface area (Å²) in [7, 11) is 0. The van der Waals surface area contributed by atoms with Gasteiger partial charge < -0.3 is 10.2 Å². The zero-order chi connectivity index (χ0) is 10.9. The van der Waals surface area contributed by atoms with Crippen molar-refractivity contribution >= 4 is 27.9 Å². The maximum Gasteiger partial charge on any atom is 0.331 e. The molecule has 1 rings (SSSR count). The molecule has 4 nitrogen and oxygen atoms in total. The van der Waals surface area contributed by atoms with Gasteiger partial charge in [0, 0.05) is 10.1 Å². The summed E-state index contributed by atoms with van der Waals surface area (Å²) in [6, 6.07) is 0. The molecule has 2 N–H and O–H groups in total. The van der Waals surface area contributed by atoms with Gasteiger partial charge in [-0.05, 0) is 19.4 Å². The van der Waals surface area contributed by atoms with Crippen molar-refractivity contribution in [1.29, 1.82) is 0 Å². The highest BCUT2D eigenvalue weighted by molar-refractivity contribution is 9.11. The van der Waals surface area contributed by atoms with Gasteiger partial charge in [-0.3, -0.25) is 4.79 Å². The maximum absolute atomic E-state index is 10.9. The summed E-state index contributed by atoms with van der Waals surface area (Å²) < 4.78 is 0.492. The quantitative estimate of drug-likeness (QED) is 0.794. The molecule has 0 fully saturated rings. The molecule has 14 heavy (non-hydrogen) atoms. The molecule has 1 atom stereocenters. The van der Waals surface area contributed by atoms with Gasteiger partial charge >= 0.3 is 11.9 Å². The van der Waals surface area contributed by atoms with E-state index in [1.54, 1.807) is 0 Å². The lowest BCUT2D eigenvalue weighted by molar-refractivity contribution is -0.145. The molecule has 76 valence electrons. The van der Waals surface area contributed by atoms with Crippen molar-refractivity contribution < 1.29 is 19.8 Å². The van der Waals surface area contributed by atoms with Gasteiger partial charge in [0.1, 0.15) is 0 Å². The third kappa shape index (κ3) is 2.04. The number of allylic oxidation sites excluding steroid dienone is 2. The van der Waals surface area contributed by atoms with Crippen molar-refractivity contribution in [3.63, 3.8) is 0 Å². The van der Waals surface area contributed by atoms with Crippen LogP contribution < -0.4 is 0 Å². The average molecular weight is 261 g/mol. The summed E-state index contributed by atoms with van der Waals surface area (Å²) in [5.74, 6) is -2.11. The standard InChI is InChI=1S/C9H9BrO4/c1-9(8(13)14)3-5(7(11)12)2-6(10)4-9/h2,4H,3H2,1H3,(H,11,12)(H,13,14). The highest BCUT2D eigenvalue weighted by Crippen LogP contribution is 2.35. The Morgan fingerprint density at radius 2 is 2.07 bits per heavy atom. The average Bonchev–Trinajstić information content (AvgIpc) is 2.02. The Hall–Kier alpha value is -1.10. The minimum atomic E-state index is -1.14. The summed E-state index contributed by atoms with van der Waals surface area (Å²) in [4.78, 5) is 21.6. The third-order valence-electron chi connectivity index (χ3n) is 2.09. The van der Waals surface area contributed by atoms with Gasteiger partial charge in [0.15, 0.2) is 0 Å². The number of carboxylic acids is 2. The van der Waals surface area contributed by atoms with Gasteiger partial charge in [0.05, 0.1) is 5.41 Å². The van der Waals surface area contributed by atoms with Crippen LogP contribution in [-0.4, -0.2) is 22.2 Å². The highest BCUT2D eigenvalue weighted by atomic mass is 79.9. The summed E-state index contributed by atoms with van der Waals surface area (Å²) in [5, 5.41) is 17.7. The summed E-state index contributed by atoms with van der Waals surface area (Å²) in [6.07, 6.45) is 2.93. The van der Waals surface area contributed by atoms with E-state index in [1.807, 2.05) is 0 Å². The maximum atomic E-state index is 10.9. The second-order valence-corrected chi connectivity index (χ2v) is 4.32. The summed E-state index contributed by atoms with van der Waals surface area (Å²) in [6.45, 7) is 1.49. The third-order valence-corrected chi connectivity index (χ3v) is 2.55. The number of hydrogen-bond acceptors (Lipinski definition) is 2. The zero-order valence-electron chi connectivity index (χ0n) is 7.45. The van der Waals surface area contributed by atoms with Gasteiger partial charge in [-0.1, -0.05) is 22.0 Å². The number of halogens is 1. The Balaban J connectivity index is 3.08. The topological polar surface area (TPSA) is 74.6 Å². The Kier molecular flexibility index (Phi) is 2.80. The van der Waals surface area contributed by atoms with Crippen molar-refractivity contribution in [2.24, 2.45) is 5.41 Å². The largest absolute Gasteiger partial charge is 0.481 e. The van der Waals surface area contributed by atoms with Crippen LogP contribution in [0.1, 0.15) is 13.3 Å². The van der Waals surface area contributed by atoms with Gasteiger partial charge in [-0.15, -0.1) is 0 Å². The van der Waals surface area contributed by atoms with Crippen LogP contribution in [0.4, 0.5) is 0 Å². The summed E-state index contributed by atoms with van der Waals surface area (Å²) in [5.41, 5.74) is -1.04. The van der Waals surface area contributed by atoms with Gasteiger partial charge in [-0.2, -0.15) is 0 Å². The minimum Gasteiger partial charge on any atom is -0.481 e. The smallest absolute Gasteiger partial charge is 0.331 e. The van der Waals surface area contributed by atoms with Gasteiger partial charge in [0.25, 0.3) is 0 Å². The van der Waals surface area contributed by atoms with Crippen LogP contribution in [0.2, 0.25) is 0 Å². The molecule has 1 aliphatic carbocycles. The molecular weight excluding hydrogens is 252 g/mol. The Morgan fingerprint density at radius 3 is 2.50 bits per heavy atom. The van der Waals surface area contributed by atoms with Crippen molar-refractivity contribution in [2.75, 3.05) is 0 Å². The van der Waals surface area contributed by atoms with E-state index in [2.05, 4.69) is 15.9 Å². The van der Waals surface area contributed by atoms with Gasteiger partial charge in [0.2, 0.25) is 0 Å². The second-order valence-electron chi connectivity index (χ2n) is 3.40. The molecule has 0 saturated carbocycles. The van der Waals surface area contributed by atoms with Crippen LogP contribution >= 0.6 is 15.9 Å². The molecule has 0 amide bonds. The SMILES string of the molecule is CC1(C(=O)O)C=C(Br)C=C(C(=O)O)C1. The molecule has 0 aromatic heterocycles. The van der Waals surface area contributed by atoms with E-state index in [9.17, 15) is 9.59 Å². The molecule has 1 aliphatic rings. The first-order valence-corrected chi connectivity index (χ1v) is 4.70. The molecule has 0 spiro atoms. The van der Waals surface area contributed by atoms with E-state index in [0.717, 1.165) is 0 Å². The monoisotopic (exact) mass is 260 g/mol. The van der Waals surface area contributed by atoms with Crippen molar-refractivity contribution in [3.8, 4) is 0 Å². The molecule has 0 radical (unpaired) electrons. The molecule has 0 heterocycles. The molecular formula is C9H9BrO4. The van der Waals surface area contributed by atoms with E-state index in [1.165, 1.54) is 19.1 Å². The first-order chi connectivity index (χ1) is 6.35. The lowest BCUT2D eigenvalue weighted by Crippen LogP contribution is -2.29. The van der Waals surface area contributed by atoms with E-state index >= 15 is 0 Å². The van der Waals surface area contributed by atoms with E-state index in [-0.39, 0.29) is 12.0 Å². The Morgan fingerprint density at radius 1 is 1.50 bits per heavy atom. The van der Waals surface area contributed by atoms with Crippen molar-refractivity contribution in [3.05, 3.63) is 22.2 Å². The summed E-state index contributed by atoms with van der Waals surface area (Å²) >= 11 is 3.10. The van der Waals surface area contributed by atoms with Crippen LogP contribution in [-0.2, 0) is 9.59 Å². The van der Waals surface area contributed by atoms with E-state index < -0.39 is 17.4 Å². The Bertz CT molecular complexity index is 356. The van der Waals surface area contributed by atoms with Crippen molar-refractivity contribution in [2.45, 2.75) is 13.3 Å². The number of rotatable bonds is 2. The van der Waals surface area contributed by atoms with E-state index in [0.29, 0.717) is 4.48 Å². The normalized spacial score (nSPS) is 26.4. The van der Waals surface area contributed by atoms with E-state index in [4.69, 9.17) is 10.2 Å². The number of carboxylic acid groups (broad SMARTS) is 2. The number of carbonyl (C=O) groups is 2. The minimum absolute atomic E-state index is 0.00671. The van der Waals surface area contributed by atoms with Crippen LogP contribution in [0, 0.1) is 5.41 Å². The molecule has 0 bridgehead atoms. The van der Waals surface area contributed by atoms with Crippen molar-refractivity contribution in [1.82, 2.24) is 0 Å². The molecule has 5 heteroatoms. The molecule has 0 aliphatic heterocycles. The fraction of sp³-hybridized carbons (Fsp3) is 0.333. The Labute approximate surface area is 89.1 Å².